The van der Waals surface area contributed by atoms with Crippen molar-refractivity contribution in [3.05, 3.63) is 83.4 Å². The number of carbonyl (C=O) groups excluding carboxylic acids is 1. The average Bonchev–Trinajstić information content (AvgIpc) is 3.26. The van der Waals surface area contributed by atoms with Crippen molar-refractivity contribution < 1.29 is 9.32 Å². The number of hydrogen-bond donors (Lipinski definition) is 1. The first-order valence-electron chi connectivity index (χ1n) is 9.65. The maximum absolute atomic E-state index is 12.8. The summed E-state index contributed by atoms with van der Waals surface area (Å²) in [5, 5.41) is 7.81. The van der Waals surface area contributed by atoms with Crippen LogP contribution in [0, 0.1) is 0 Å². The van der Waals surface area contributed by atoms with Crippen molar-refractivity contribution in [3.8, 4) is 11.4 Å². The summed E-state index contributed by atoms with van der Waals surface area (Å²) in [4.78, 5) is 20.2. The largest absolute Gasteiger partial charge is 0.334 e. The number of carbonyl (C=O) groups is 1. The standard InChI is InChI=1S/C23H21ClN4O2S/c1-4-12-28-14(2)19(20(25-23(28)29)15-8-10-18(31-3)11-9-15)22-26-21(27-30-22)16-6-5-7-17(24)13-16/h4-11,13,20H,1,12H2,2-3H3,(H,25,29). The van der Waals surface area contributed by atoms with Gasteiger partial charge >= 0.3 is 6.03 Å². The average molecular weight is 453 g/mol. The number of benzene rings is 2. The third-order valence-corrected chi connectivity index (χ3v) is 6.08. The fourth-order valence-corrected chi connectivity index (χ4v) is 4.13. The molecule has 0 spiro atoms. The Bertz CT molecular complexity index is 1160. The molecule has 31 heavy (non-hydrogen) atoms. The van der Waals surface area contributed by atoms with Crippen molar-refractivity contribution in [2.75, 3.05) is 12.8 Å². The second kappa shape index (κ2) is 8.99. The van der Waals surface area contributed by atoms with Crippen LogP contribution in [0.4, 0.5) is 4.79 Å². The number of allylic oxidation sites excluding steroid dienone is 1. The molecular formula is C23H21ClN4O2S. The van der Waals surface area contributed by atoms with Crippen LogP contribution < -0.4 is 5.32 Å². The highest BCUT2D eigenvalue weighted by Crippen LogP contribution is 2.37. The third-order valence-electron chi connectivity index (χ3n) is 5.10. The molecule has 6 nitrogen and oxygen atoms in total. The van der Waals surface area contributed by atoms with Crippen LogP contribution in [0.25, 0.3) is 17.0 Å². The first-order chi connectivity index (χ1) is 15.0. The van der Waals surface area contributed by atoms with Crippen LogP contribution in [0.5, 0.6) is 0 Å². The summed E-state index contributed by atoms with van der Waals surface area (Å²) in [6, 6.07) is 14.7. The number of nitrogens with zero attached hydrogens (tertiary/aromatic N) is 3. The van der Waals surface area contributed by atoms with Gasteiger partial charge in [-0.05, 0) is 43.0 Å². The lowest BCUT2D eigenvalue weighted by molar-refractivity contribution is 0.209. The van der Waals surface area contributed by atoms with Gasteiger partial charge in [-0.2, -0.15) is 4.98 Å². The molecule has 2 amide bonds. The molecule has 1 atom stereocenters. The van der Waals surface area contributed by atoms with Gasteiger partial charge in [0.2, 0.25) is 5.82 Å². The molecule has 0 bridgehead atoms. The Labute approximate surface area is 190 Å². The summed E-state index contributed by atoms with van der Waals surface area (Å²) in [5.41, 5.74) is 3.17. The van der Waals surface area contributed by atoms with Crippen molar-refractivity contribution in [1.29, 1.82) is 0 Å². The molecule has 0 radical (unpaired) electrons. The molecule has 0 fully saturated rings. The van der Waals surface area contributed by atoms with Crippen LogP contribution in [-0.2, 0) is 0 Å². The van der Waals surface area contributed by atoms with Crippen LogP contribution in [0.3, 0.4) is 0 Å². The van der Waals surface area contributed by atoms with Crippen molar-refractivity contribution in [2.24, 2.45) is 0 Å². The van der Waals surface area contributed by atoms with E-state index in [9.17, 15) is 4.79 Å². The third kappa shape index (κ3) is 4.24. The van der Waals surface area contributed by atoms with Crippen molar-refractivity contribution in [1.82, 2.24) is 20.4 Å². The number of amides is 2. The predicted molar refractivity (Wildman–Crippen MR) is 124 cm³/mol. The van der Waals surface area contributed by atoms with Gasteiger partial charge in [0.1, 0.15) is 0 Å². The molecule has 1 aliphatic rings. The number of rotatable bonds is 6. The van der Waals surface area contributed by atoms with Gasteiger partial charge in [0.05, 0.1) is 11.6 Å². The molecule has 158 valence electrons. The highest BCUT2D eigenvalue weighted by molar-refractivity contribution is 7.98. The number of aromatic nitrogens is 2. The zero-order chi connectivity index (χ0) is 22.0. The zero-order valence-corrected chi connectivity index (χ0v) is 18.7. The summed E-state index contributed by atoms with van der Waals surface area (Å²) in [6.45, 7) is 6.01. The van der Waals surface area contributed by atoms with Crippen LogP contribution in [0.15, 0.2) is 76.3 Å². The molecule has 1 aliphatic heterocycles. The van der Waals surface area contributed by atoms with Gasteiger partial charge < -0.3 is 9.84 Å². The van der Waals surface area contributed by atoms with E-state index in [-0.39, 0.29) is 6.03 Å². The Morgan fingerprint density at radius 2 is 2.06 bits per heavy atom. The lowest BCUT2D eigenvalue weighted by atomic mass is 9.94. The highest BCUT2D eigenvalue weighted by Gasteiger charge is 2.35. The van der Waals surface area contributed by atoms with E-state index in [0.29, 0.717) is 23.3 Å². The summed E-state index contributed by atoms with van der Waals surface area (Å²) < 4.78 is 5.66. The minimum atomic E-state index is -0.419. The molecule has 8 heteroatoms. The molecule has 2 heterocycles. The fraction of sp³-hybridized carbons (Fsp3) is 0.174. The number of urea groups is 1. The monoisotopic (exact) mass is 452 g/mol. The lowest BCUT2D eigenvalue weighted by Crippen LogP contribution is -2.46. The van der Waals surface area contributed by atoms with Crippen molar-refractivity contribution >= 4 is 35.0 Å². The predicted octanol–water partition coefficient (Wildman–Crippen LogP) is 5.80. The van der Waals surface area contributed by atoms with Gasteiger partial charge in [-0.1, -0.05) is 47.1 Å². The number of thioether (sulfide) groups is 1. The van der Waals surface area contributed by atoms with Crippen LogP contribution >= 0.6 is 23.4 Å². The van der Waals surface area contributed by atoms with E-state index in [1.54, 1.807) is 34.9 Å². The molecule has 0 saturated carbocycles. The second-order valence-corrected chi connectivity index (χ2v) is 8.30. The van der Waals surface area contributed by atoms with Gasteiger partial charge in [0.15, 0.2) is 0 Å². The van der Waals surface area contributed by atoms with E-state index in [4.69, 9.17) is 16.1 Å². The minimum absolute atomic E-state index is 0.199. The van der Waals surface area contributed by atoms with Gasteiger partial charge in [0.25, 0.3) is 5.89 Å². The normalized spacial score (nSPS) is 16.4. The Balaban J connectivity index is 1.81. The molecule has 4 rings (SSSR count). The minimum Gasteiger partial charge on any atom is -0.334 e. The molecule has 0 aliphatic carbocycles. The molecule has 1 aromatic heterocycles. The smallest absolute Gasteiger partial charge is 0.322 e. The van der Waals surface area contributed by atoms with Crippen molar-refractivity contribution in [2.45, 2.75) is 17.9 Å². The first kappa shape index (κ1) is 21.2. The second-order valence-electron chi connectivity index (χ2n) is 6.99. The summed E-state index contributed by atoms with van der Waals surface area (Å²) in [6.07, 6.45) is 3.70. The van der Waals surface area contributed by atoms with Gasteiger partial charge in [-0.3, -0.25) is 4.90 Å². The molecule has 0 saturated heterocycles. The molecule has 1 N–H and O–H groups in total. The lowest BCUT2D eigenvalue weighted by Gasteiger charge is -2.34. The molecular weight excluding hydrogens is 432 g/mol. The Kier molecular flexibility index (Phi) is 6.15. The van der Waals surface area contributed by atoms with E-state index in [2.05, 4.69) is 22.0 Å². The quantitative estimate of drug-likeness (QED) is 0.378. The Morgan fingerprint density at radius 1 is 1.29 bits per heavy atom. The topological polar surface area (TPSA) is 71.3 Å². The van der Waals surface area contributed by atoms with E-state index >= 15 is 0 Å². The van der Waals surface area contributed by atoms with E-state index in [0.717, 1.165) is 27.3 Å². The fourth-order valence-electron chi connectivity index (χ4n) is 3.53. The van der Waals surface area contributed by atoms with E-state index in [1.165, 1.54) is 0 Å². The van der Waals surface area contributed by atoms with Gasteiger partial charge in [-0.15, -0.1) is 18.3 Å². The zero-order valence-electron chi connectivity index (χ0n) is 17.1. The van der Waals surface area contributed by atoms with E-state index in [1.807, 2.05) is 49.6 Å². The van der Waals surface area contributed by atoms with E-state index < -0.39 is 6.04 Å². The van der Waals surface area contributed by atoms with Crippen LogP contribution in [-0.4, -0.2) is 33.9 Å². The van der Waals surface area contributed by atoms with Crippen LogP contribution in [0.2, 0.25) is 5.02 Å². The Hall–Kier alpha value is -3.03. The number of halogens is 1. The first-order valence-corrected chi connectivity index (χ1v) is 11.3. The maximum atomic E-state index is 12.8. The van der Waals surface area contributed by atoms with Gasteiger partial charge in [-0.25, -0.2) is 4.79 Å². The SMILES string of the molecule is C=CCN1C(=O)NC(c2ccc(SC)cc2)C(c2nc(-c3cccc(Cl)c3)no2)=C1C. The molecule has 3 aromatic rings. The molecule has 1 unspecified atom stereocenters. The van der Waals surface area contributed by atoms with Crippen LogP contribution in [0.1, 0.15) is 24.4 Å². The number of hydrogen-bond acceptors (Lipinski definition) is 5. The molecule has 2 aromatic carbocycles. The van der Waals surface area contributed by atoms with Gasteiger partial charge in [0, 0.05) is 27.7 Å². The summed E-state index contributed by atoms with van der Waals surface area (Å²) in [5.74, 6) is 0.780. The highest BCUT2D eigenvalue weighted by atomic mass is 35.5. The maximum Gasteiger partial charge on any atom is 0.322 e. The summed E-state index contributed by atoms with van der Waals surface area (Å²) in [7, 11) is 0. The Morgan fingerprint density at radius 3 is 2.74 bits per heavy atom. The number of nitrogens with one attached hydrogen (secondary N) is 1. The summed E-state index contributed by atoms with van der Waals surface area (Å²) >= 11 is 7.77. The van der Waals surface area contributed by atoms with Crippen molar-refractivity contribution in [3.63, 3.8) is 0 Å².